The van der Waals surface area contributed by atoms with Crippen molar-refractivity contribution in [2.75, 3.05) is 0 Å². The Kier molecular flexibility index (Phi) is 1.56. The number of rotatable bonds is 2. The minimum atomic E-state index is 0.0837. The Morgan fingerprint density at radius 2 is 2.27 bits per heavy atom. The van der Waals surface area contributed by atoms with E-state index in [4.69, 9.17) is 11.1 Å². The number of fused-ring (bicyclic) bond motifs is 1. The standard InChI is InChI=1S/C10H11N5/c11-10(12)6-1-4-8-9(5-6)15(14-13-8)7-2-3-7/h1,4-5,7H,2-3H2,(H3,11,12). The lowest BCUT2D eigenvalue weighted by Crippen LogP contribution is -2.10. The van der Waals surface area contributed by atoms with Crippen molar-refractivity contribution < 1.29 is 0 Å². The molecule has 1 aliphatic carbocycles. The van der Waals surface area contributed by atoms with Crippen LogP contribution < -0.4 is 5.73 Å². The second-order valence-electron chi connectivity index (χ2n) is 3.88. The molecule has 5 heteroatoms. The van der Waals surface area contributed by atoms with Gasteiger partial charge in [0.25, 0.3) is 0 Å². The molecule has 1 fully saturated rings. The summed E-state index contributed by atoms with van der Waals surface area (Å²) in [4.78, 5) is 0. The van der Waals surface area contributed by atoms with E-state index in [9.17, 15) is 0 Å². The van der Waals surface area contributed by atoms with Crippen LogP contribution in [-0.2, 0) is 0 Å². The third-order valence-electron chi connectivity index (χ3n) is 2.67. The van der Waals surface area contributed by atoms with Crippen LogP contribution in [0.3, 0.4) is 0 Å². The van der Waals surface area contributed by atoms with E-state index in [2.05, 4.69) is 10.3 Å². The third kappa shape index (κ3) is 1.27. The van der Waals surface area contributed by atoms with Crippen LogP contribution >= 0.6 is 0 Å². The molecule has 0 radical (unpaired) electrons. The Labute approximate surface area is 86.4 Å². The number of hydrogen-bond donors (Lipinski definition) is 2. The van der Waals surface area contributed by atoms with Crippen molar-refractivity contribution in [2.24, 2.45) is 5.73 Å². The molecule has 0 spiro atoms. The molecule has 0 unspecified atom stereocenters. The summed E-state index contributed by atoms with van der Waals surface area (Å²) in [6, 6.07) is 6.04. The minimum absolute atomic E-state index is 0.0837. The summed E-state index contributed by atoms with van der Waals surface area (Å²) in [7, 11) is 0. The number of benzene rings is 1. The van der Waals surface area contributed by atoms with Crippen molar-refractivity contribution in [1.29, 1.82) is 5.41 Å². The van der Waals surface area contributed by atoms with Crippen LogP contribution in [0.5, 0.6) is 0 Å². The lowest BCUT2D eigenvalue weighted by molar-refractivity contribution is 0.630. The number of nitrogens with one attached hydrogen (secondary N) is 1. The first-order valence-electron chi connectivity index (χ1n) is 4.95. The molecule has 1 heterocycles. The van der Waals surface area contributed by atoms with Gasteiger partial charge in [-0.15, -0.1) is 5.10 Å². The maximum absolute atomic E-state index is 7.38. The fraction of sp³-hybridized carbons (Fsp3) is 0.300. The zero-order chi connectivity index (χ0) is 10.4. The van der Waals surface area contributed by atoms with Crippen molar-refractivity contribution in [2.45, 2.75) is 18.9 Å². The van der Waals surface area contributed by atoms with Gasteiger partial charge in [-0.2, -0.15) is 0 Å². The Hall–Kier alpha value is -1.91. The minimum Gasteiger partial charge on any atom is -0.384 e. The summed E-state index contributed by atoms with van der Waals surface area (Å²) >= 11 is 0. The summed E-state index contributed by atoms with van der Waals surface area (Å²) in [5, 5.41) is 15.6. The van der Waals surface area contributed by atoms with Crippen molar-refractivity contribution in [3.63, 3.8) is 0 Å². The van der Waals surface area contributed by atoms with Gasteiger partial charge in [0.1, 0.15) is 11.4 Å². The fourth-order valence-corrected chi connectivity index (χ4v) is 1.69. The lowest BCUT2D eigenvalue weighted by Gasteiger charge is -2.00. The van der Waals surface area contributed by atoms with Crippen LogP contribution in [0.15, 0.2) is 18.2 Å². The number of aromatic nitrogens is 3. The van der Waals surface area contributed by atoms with E-state index < -0.39 is 0 Å². The molecule has 3 rings (SSSR count). The topological polar surface area (TPSA) is 80.6 Å². The van der Waals surface area contributed by atoms with Gasteiger partial charge in [0.05, 0.1) is 11.6 Å². The van der Waals surface area contributed by atoms with Crippen LogP contribution in [0.2, 0.25) is 0 Å². The monoisotopic (exact) mass is 201 g/mol. The molecular weight excluding hydrogens is 190 g/mol. The molecule has 0 saturated heterocycles. The number of nitrogens with zero attached hydrogens (tertiary/aromatic N) is 3. The Balaban J connectivity index is 2.21. The fourth-order valence-electron chi connectivity index (χ4n) is 1.69. The maximum Gasteiger partial charge on any atom is 0.122 e. The molecule has 0 amide bonds. The van der Waals surface area contributed by atoms with Crippen LogP contribution in [0.4, 0.5) is 0 Å². The van der Waals surface area contributed by atoms with Crippen molar-refractivity contribution in [3.05, 3.63) is 23.8 Å². The average Bonchev–Trinajstić information content (AvgIpc) is 2.98. The highest BCUT2D eigenvalue weighted by atomic mass is 15.4. The van der Waals surface area contributed by atoms with Gasteiger partial charge in [-0.3, -0.25) is 5.41 Å². The normalized spacial score (nSPS) is 15.7. The molecule has 2 aromatic rings. The smallest absolute Gasteiger partial charge is 0.122 e. The number of nitrogens with two attached hydrogens (primary N) is 1. The molecule has 1 aromatic carbocycles. The van der Waals surface area contributed by atoms with Crippen LogP contribution in [-0.4, -0.2) is 20.8 Å². The maximum atomic E-state index is 7.38. The second-order valence-corrected chi connectivity index (χ2v) is 3.88. The first-order valence-corrected chi connectivity index (χ1v) is 4.95. The predicted molar refractivity (Wildman–Crippen MR) is 56.8 cm³/mol. The van der Waals surface area contributed by atoms with Gasteiger partial charge in [-0.05, 0) is 31.0 Å². The summed E-state index contributed by atoms with van der Waals surface area (Å²) in [5.74, 6) is 0.0837. The highest BCUT2D eigenvalue weighted by molar-refractivity contribution is 5.97. The zero-order valence-electron chi connectivity index (χ0n) is 8.14. The Morgan fingerprint density at radius 3 is 2.93 bits per heavy atom. The SMILES string of the molecule is N=C(N)c1ccc2nnn(C3CC3)c2c1. The highest BCUT2D eigenvalue weighted by Gasteiger charge is 2.26. The lowest BCUT2D eigenvalue weighted by atomic mass is 10.2. The van der Waals surface area contributed by atoms with Gasteiger partial charge in [0, 0.05) is 5.56 Å². The number of nitrogen functional groups attached to an aromatic ring is 1. The predicted octanol–water partition coefficient (Wildman–Crippen LogP) is 1.05. The number of hydrogen-bond acceptors (Lipinski definition) is 3. The Bertz CT molecular complexity index is 538. The second kappa shape index (κ2) is 2.79. The molecule has 0 aliphatic heterocycles. The summed E-state index contributed by atoms with van der Waals surface area (Å²) in [6.45, 7) is 0. The Morgan fingerprint density at radius 1 is 1.47 bits per heavy atom. The van der Waals surface area contributed by atoms with Crippen LogP contribution in [0, 0.1) is 5.41 Å². The van der Waals surface area contributed by atoms with Gasteiger partial charge < -0.3 is 5.73 Å². The third-order valence-corrected chi connectivity index (χ3v) is 2.67. The van der Waals surface area contributed by atoms with E-state index in [1.807, 2.05) is 16.8 Å². The molecule has 0 bridgehead atoms. The summed E-state index contributed by atoms with van der Waals surface area (Å²) in [6.07, 6.45) is 2.34. The van der Waals surface area contributed by atoms with Gasteiger partial charge in [-0.25, -0.2) is 4.68 Å². The largest absolute Gasteiger partial charge is 0.384 e. The molecule has 1 saturated carbocycles. The molecule has 1 aromatic heterocycles. The van der Waals surface area contributed by atoms with Crippen molar-refractivity contribution >= 4 is 16.9 Å². The highest BCUT2D eigenvalue weighted by Crippen LogP contribution is 2.36. The van der Waals surface area contributed by atoms with E-state index in [1.54, 1.807) is 6.07 Å². The molecule has 5 nitrogen and oxygen atoms in total. The van der Waals surface area contributed by atoms with E-state index >= 15 is 0 Å². The number of amidine groups is 1. The molecule has 1 aliphatic rings. The quantitative estimate of drug-likeness (QED) is 0.563. The van der Waals surface area contributed by atoms with Gasteiger partial charge in [0.2, 0.25) is 0 Å². The van der Waals surface area contributed by atoms with E-state index in [0.717, 1.165) is 16.6 Å². The zero-order valence-corrected chi connectivity index (χ0v) is 8.14. The molecule has 3 N–H and O–H groups in total. The molecule has 76 valence electrons. The van der Waals surface area contributed by atoms with E-state index in [1.165, 1.54) is 12.8 Å². The molecule has 0 atom stereocenters. The van der Waals surface area contributed by atoms with E-state index in [0.29, 0.717) is 6.04 Å². The first-order chi connectivity index (χ1) is 7.25. The average molecular weight is 201 g/mol. The molecular formula is C10H11N5. The first kappa shape index (κ1) is 8.40. The summed E-state index contributed by atoms with van der Waals surface area (Å²) < 4.78 is 1.93. The van der Waals surface area contributed by atoms with Crippen molar-refractivity contribution in [1.82, 2.24) is 15.0 Å². The van der Waals surface area contributed by atoms with Crippen molar-refractivity contribution in [3.8, 4) is 0 Å². The van der Waals surface area contributed by atoms with Crippen LogP contribution in [0.25, 0.3) is 11.0 Å². The van der Waals surface area contributed by atoms with Gasteiger partial charge >= 0.3 is 0 Å². The summed E-state index contributed by atoms with van der Waals surface area (Å²) in [5.41, 5.74) is 8.02. The van der Waals surface area contributed by atoms with Gasteiger partial charge in [-0.1, -0.05) is 5.21 Å². The molecule has 15 heavy (non-hydrogen) atoms. The van der Waals surface area contributed by atoms with Gasteiger partial charge in [0.15, 0.2) is 0 Å². The van der Waals surface area contributed by atoms with Crippen LogP contribution in [0.1, 0.15) is 24.4 Å². The van der Waals surface area contributed by atoms with E-state index in [-0.39, 0.29) is 5.84 Å².